The van der Waals surface area contributed by atoms with Gasteiger partial charge in [0.15, 0.2) is 0 Å². The first kappa shape index (κ1) is 23.2. The molecule has 2 unspecified atom stereocenters. The minimum absolute atomic E-state index is 0.160. The molecule has 27 heavy (non-hydrogen) atoms. The second kappa shape index (κ2) is 11.1. The van der Waals surface area contributed by atoms with Crippen molar-refractivity contribution in [1.29, 1.82) is 0 Å². The number of carboxylic acids is 1. The Bertz CT molecular complexity index is 669. The maximum atomic E-state index is 12.2. The molecule has 1 aromatic rings. The van der Waals surface area contributed by atoms with Gasteiger partial charge < -0.3 is 26.4 Å². The number of hydrogen-bond donors (Lipinski definition) is 5. The molecule has 1 amide bonds. The summed E-state index contributed by atoms with van der Waals surface area (Å²) in [6.07, 6.45) is -0.160. The zero-order valence-electron chi connectivity index (χ0n) is 15.4. The Balaban J connectivity index is 2.59. The van der Waals surface area contributed by atoms with E-state index in [4.69, 9.17) is 10.3 Å². The number of nitrogens with one attached hydrogen (secondary N) is 2. The average molecular weight is 402 g/mol. The van der Waals surface area contributed by atoms with Crippen molar-refractivity contribution in [3.63, 3.8) is 0 Å². The molecule has 0 aliphatic rings. The SMILES string of the molecule is CNCCN(C)P(=O)(O)OCCC(NC(=O)c1ccc(CN)cc1)C(=O)O. The molecular formula is C16H27N4O6P. The summed E-state index contributed by atoms with van der Waals surface area (Å²) in [5.74, 6) is -1.83. The number of likely N-dealkylation sites (N-methyl/N-ethyl adjacent to an activating group) is 2. The van der Waals surface area contributed by atoms with Crippen molar-refractivity contribution >= 4 is 19.6 Å². The highest BCUT2D eigenvalue weighted by molar-refractivity contribution is 7.50. The number of carboxylic acid groups (broad SMARTS) is 1. The van der Waals surface area contributed by atoms with E-state index < -0.39 is 25.7 Å². The van der Waals surface area contributed by atoms with Crippen molar-refractivity contribution in [3.8, 4) is 0 Å². The molecule has 152 valence electrons. The van der Waals surface area contributed by atoms with Gasteiger partial charge in [0.05, 0.1) is 6.61 Å². The van der Waals surface area contributed by atoms with Crippen molar-refractivity contribution < 1.29 is 28.7 Å². The van der Waals surface area contributed by atoms with Gasteiger partial charge >= 0.3 is 13.7 Å². The molecule has 0 fully saturated rings. The lowest BCUT2D eigenvalue weighted by Crippen LogP contribution is -2.41. The van der Waals surface area contributed by atoms with Crippen LogP contribution in [0.2, 0.25) is 0 Å². The van der Waals surface area contributed by atoms with Crippen LogP contribution in [0.25, 0.3) is 0 Å². The summed E-state index contributed by atoms with van der Waals surface area (Å²) in [6.45, 7) is 0.797. The lowest BCUT2D eigenvalue weighted by molar-refractivity contribution is -0.139. The number of nitrogens with two attached hydrogens (primary N) is 1. The fraction of sp³-hybridized carbons (Fsp3) is 0.500. The molecule has 10 nitrogen and oxygen atoms in total. The van der Waals surface area contributed by atoms with E-state index in [9.17, 15) is 24.2 Å². The Morgan fingerprint density at radius 2 is 1.96 bits per heavy atom. The van der Waals surface area contributed by atoms with Gasteiger partial charge in [-0.2, -0.15) is 0 Å². The minimum atomic E-state index is -4.03. The predicted octanol–water partition coefficient (Wildman–Crippen LogP) is -0.0134. The summed E-state index contributed by atoms with van der Waals surface area (Å²) in [7, 11) is -0.886. The van der Waals surface area contributed by atoms with Crippen molar-refractivity contribution in [2.24, 2.45) is 5.73 Å². The van der Waals surface area contributed by atoms with E-state index in [1.54, 1.807) is 31.3 Å². The lowest BCUT2D eigenvalue weighted by Gasteiger charge is -2.23. The summed E-state index contributed by atoms with van der Waals surface area (Å²) in [4.78, 5) is 33.4. The van der Waals surface area contributed by atoms with Gasteiger partial charge in [-0.1, -0.05) is 12.1 Å². The van der Waals surface area contributed by atoms with Crippen LogP contribution in [0, 0.1) is 0 Å². The third-order valence-electron chi connectivity index (χ3n) is 3.84. The van der Waals surface area contributed by atoms with Crippen LogP contribution in [0.3, 0.4) is 0 Å². The van der Waals surface area contributed by atoms with Crippen LogP contribution in [-0.4, -0.2) is 66.4 Å². The predicted molar refractivity (Wildman–Crippen MR) is 100 cm³/mol. The smallest absolute Gasteiger partial charge is 0.405 e. The third kappa shape index (κ3) is 7.76. The number of hydrogen-bond acceptors (Lipinski definition) is 6. The molecular weight excluding hydrogens is 375 g/mol. The molecule has 0 bridgehead atoms. The molecule has 2 atom stereocenters. The second-order valence-corrected chi connectivity index (χ2v) is 7.78. The molecule has 6 N–H and O–H groups in total. The molecule has 0 aromatic heterocycles. The van der Waals surface area contributed by atoms with E-state index in [1.807, 2.05) is 0 Å². The van der Waals surface area contributed by atoms with Crippen LogP contribution in [-0.2, 0) is 20.4 Å². The van der Waals surface area contributed by atoms with E-state index in [0.29, 0.717) is 18.7 Å². The van der Waals surface area contributed by atoms with Crippen molar-refractivity contribution in [3.05, 3.63) is 35.4 Å². The van der Waals surface area contributed by atoms with Gasteiger partial charge in [-0.25, -0.2) is 14.0 Å². The zero-order valence-corrected chi connectivity index (χ0v) is 16.3. The number of aliphatic carboxylic acids is 1. The minimum Gasteiger partial charge on any atom is -0.480 e. The van der Waals surface area contributed by atoms with Crippen molar-refractivity contribution in [2.45, 2.75) is 19.0 Å². The summed E-state index contributed by atoms with van der Waals surface area (Å²) in [5.41, 5.74) is 6.63. The largest absolute Gasteiger partial charge is 0.480 e. The van der Waals surface area contributed by atoms with Crippen LogP contribution in [0.4, 0.5) is 0 Å². The average Bonchev–Trinajstić information content (AvgIpc) is 2.64. The Hall–Kier alpha value is -1.81. The molecule has 0 spiro atoms. The molecule has 0 saturated carbocycles. The van der Waals surface area contributed by atoms with Crippen molar-refractivity contribution in [2.75, 3.05) is 33.8 Å². The van der Waals surface area contributed by atoms with Gasteiger partial charge in [0.2, 0.25) is 0 Å². The first-order chi connectivity index (χ1) is 12.7. The molecule has 0 saturated heterocycles. The number of carbonyl (C=O) groups is 2. The van der Waals surface area contributed by atoms with E-state index in [2.05, 4.69) is 10.6 Å². The molecule has 0 heterocycles. The van der Waals surface area contributed by atoms with Crippen LogP contribution < -0.4 is 16.4 Å². The monoisotopic (exact) mass is 402 g/mol. The van der Waals surface area contributed by atoms with Gasteiger partial charge in [0.1, 0.15) is 6.04 Å². The van der Waals surface area contributed by atoms with E-state index in [-0.39, 0.29) is 19.6 Å². The number of rotatable bonds is 12. The number of amides is 1. The molecule has 0 aliphatic heterocycles. The zero-order chi connectivity index (χ0) is 20.4. The molecule has 0 radical (unpaired) electrons. The topological polar surface area (TPSA) is 154 Å². The maximum Gasteiger partial charge on any atom is 0.405 e. The Labute approximate surface area is 158 Å². The second-order valence-electron chi connectivity index (χ2n) is 5.86. The lowest BCUT2D eigenvalue weighted by atomic mass is 10.1. The van der Waals surface area contributed by atoms with Gasteiger partial charge in [0, 0.05) is 31.6 Å². The summed E-state index contributed by atoms with van der Waals surface area (Å²) in [6, 6.07) is 5.19. The van der Waals surface area contributed by atoms with E-state index >= 15 is 0 Å². The van der Waals surface area contributed by atoms with Crippen LogP contribution in [0.15, 0.2) is 24.3 Å². The summed E-state index contributed by atoms with van der Waals surface area (Å²) < 4.78 is 18.2. The van der Waals surface area contributed by atoms with E-state index in [1.165, 1.54) is 7.05 Å². The van der Waals surface area contributed by atoms with Crippen LogP contribution in [0.1, 0.15) is 22.3 Å². The Morgan fingerprint density at radius 3 is 2.48 bits per heavy atom. The normalized spacial score (nSPS) is 14.6. The van der Waals surface area contributed by atoms with Crippen molar-refractivity contribution in [1.82, 2.24) is 15.3 Å². The first-order valence-electron chi connectivity index (χ1n) is 8.37. The highest BCUT2D eigenvalue weighted by Gasteiger charge is 2.27. The van der Waals surface area contributed by atoms with Crippen LogP contribution >= 0.6 is 7.75 Å². The third-order valence-corrected chi connectivity index (χ3v) is 5.42. The quantitative estimate of drug-likeness (QED) is 0.304. The van der Waals surface area contributed by atoms with Gasteiger partial charge in [0.25, 0.3) is 5.91 Å². The van der Waals surface area contributed by atoms with Gasteiger partial charge in [-0.3, -0.25) is 9.32 Å². The summed E-state index contributed by atoms with van der Waals surface area (Å²) >= 11 is 0. The van der Waals surface area contributed by atoms with Crippen LogP contribution in [0.5, 0.6) is 0 Å². The van der Waals surface area contributed by atoms with Gasteiger partial charge in [-0.15, -0.1) is 0 Å². The standard InChI is InChI=1S/C16H27N4O6P/c1-18-8-9-20(2)27(24,25)26-10-7-14(16(22)23)19-15(21)13-5-3-12(11-17)4-6-13/h3-6,14,18H,7-11,17H2,1-2H3,(H,19,21)(H,22,23)(H,24,25). The summed E-state index contributed by atoms with van der Waals surface area (Å²) in [5, 5.41) is 14.5. The molecule has 1 aromatic carbocycles. The Kier molecular flexibility index (Phi) is 9.57. The van der Waals surface area contributed by atoms with E-state index in [0.717, 1.165) is 10.2 Å². The molecule has 0 aliphatic carbocycles. The highest BCUT2D eigenvalue weighted by atomic mass is 31.2. The maximum absolute atomic E-state index is 12.2. The fourth-order valence-electron chi connectivity index (χ4n) is 2.08. The van der Waals surface area contributed by atoms with Gasteiger partial charge in [-0.05, 0) is 31.8 Å². The Morgan fingerprint density at radius 1 is 1.33 bits per heavy atom. The highest BCUT2D eigenvalue weighted by Crippen LogP contribution is 2.44. The molecule has 1 rings (SSSR count). The fourth-order valence-corrected chi connectivity index (χ4v) is 2.97. The number of carbonyl (C=O) groups excluding carboxylic acids is 1. The number of benzene rings is 1. The molecule has 11 heteroatoms. The first-order valence-corrected chi connectivity index (χ1v) is 9.90. The number of nitrogens with zero attached hydrogens (tertiary/aromatic N) is 1.